The predicted molar refractivity (Wildman–Crippen MR) is 159 cm³/mol. The van der Waals surface area contributed by atoms with Gasteiger partial charge in [-0.05, 0) is 100 Å². The summed E-state index contributed by atoms with van der Waals surface area (Å²) < 4.78 is 14.3. The summed E-state index contributed by atoms with van der Waals surface area (Å²) in [5.41, 5.74) is 6.02. The summed E-state index contributed by atoms with van der Waals surface area (Å²) >= 11 is 0. The van der Waals surface area contributed by atoms with Crippen LogP contribution in [0.25, 0.3) is 5.57 Å². The zero-order valence-corrected chi connectivity index (χ0v) is 24.3. The lowest BCUT2D eigenvalue weighted by Crippen LogP contribution is -2.34. The molecule has 0 saturated heterocycles. The molecule has 0 aromatic heterocycles. The van der Waals surface area contributed by atoms with Crippen molar-refractivity contribution in [3.8, 4) is 0 Å². The van der Waals surface area contributed by atoms with Gasteiger partial charge in [-0.3, -0.25) is 9.79 Å². The van der Waals surface area contributed by atoms with Crippen LogP contribution in [0, 0.1) is 12.8 Å². The number of rotatable bonds is 13. The van der Waals surface area contributed by atoms with Gasteiger partial charge in [0.2, 0.25) is 0 Å². The Kier molecular flexibility index (Phi) is 12.4. The molecule has 1 aromatic carbocycles. The molecule has 1 atom stereocenters. The topological polar surface area (TPSA) is 41.5 Å². The summed E-state index contributed by atoms with van der Waals surface area (Å²) in [6, 6.07) is 6.14. The van der Waals surface area contributed by atoms with Crippen LogP contribution in [0.1, 0.15) is 84.9 Å². The fourth-order valence-corrected chi connectivity index (χ4v) is 4.12. The van der Waals surface area contributed by atoms with E-state index in [4.69, 9.17) is 0 Å². The van der Waals surface area contributed by atoms with E-state index in [2.05, 4.69) is 29.5 Å². The van der Waals surface area contributed by atoms with Gasteiger partial charge in [0.15, 0.2) is 0 Å². The summed E-state index contributed by atoms with van der Waals surface area (Å²) in [6.45, 7) is 25.6. The number of hydrogen-bond acceptors (Lipinski definition) is 3. The zero-order valence-electron chi connectivity index (χ0n) is 24.3. The first-order chi connectivity index (χ1) is 17.3. The van der Waals surface area contributed by atoms with Crippen molar-refractivity contribution < 1.29 is 9.18 Å². The Bertz CT molecular complexity index is 1160. The van der Waals surface area contributed by atoms with Crippen molar-refractivity contribution in [2.24, 2.45) is 10.9 Å². The molecule has 0 radical (unpaired) electrons. The van der Waals surface area contributed by atoms with Crippen molar-refractivity contribution in [2.45, 2.75) is 80.6 Å². The monoisotopic (exact) mass is 504 g/mol. The molecule has 0 fully saturated rings. The van der Waals surface area contributed by atoms with E-state index < -0.39 is 11.2 Å². The van der Waals surface area contributed by atoms with Crippen LogP contribution in [-0.4, -0.2) is 12.0 Å². The zero-order chi connectivity index (χ0) is 28.3. The van der Waals surface area contributed by atoms with Crippen LogP contribution in [0.5, 0.6) is 0 Å². The summed E-state index contributed by atoms with van der Waals surface area (Å²) in [4.78, 5) is 17.7. The number of hydrogen-bond donors (Lipinski definition) is 1. The highest BCUT2D eigenvalue weighted by atomic mass is 19.1. The van der Waals surface area contributed by atoms with E-state index in [1.165, 1.54) is 6.08 Å². The van der Waals surface area contributed by atoms with Gasteiger partial charge in [0, 0.05) is 23.2 Å². The number of carbonyl (C=O) groups excluding carboxylic acids is 1. The summed E-state index contributed by atoms with van der Waals surface area (Å²) in [7, 11) is 0. The summed E-state index contributed by atoms with van der Waals surface area (Å²) in [5, 5.41) is 3.15. The molecule has 4 heteroatoms. The number of ketones is 1. The standard InChI is InChI=1S/C33H45FN2O/c1-12-16-30(29(34)15-4)36-26(9)25(8)31(35-19-13-2)21-23(6)27-17-18-28(24(7)20-27)33(10,11)32(37)22(5)14-3/h12,15-22,36H,4,6,13-14H2,1-3,5,7-11H3/b16-12-,26-25+,30-29-,31-21+,35-19?. The molecular weight excluding hydrogens is 459 g/mol. The largest absolute Gasteiger partial charge is 0.356 e. The lowest BCUT2D eigenvalue weighted by Gasteiger charge is -2.28. The number of nitrogens with zero attached hydrogens (tertiary/aromatic N) is 1. The highest BCUT2D eigenvalue weighted by Crippen LogP contribution is 2.33. The molecule has 0 aliphatic rings. The van der Waals surface area contributed by atoms with Crippen molar-refractivity contribution in [1.29, 1.82) is 0 Å². The minimum absolute atomic E-state index is 0.0145. The molecule has 200 valence electrons. The quantitative estimate of drug-likeness (QED) is 0.215. The number of aliphatic imine (C=N–C) groups is 1. The van der Waals surface area contributed by atoms with Crippen LogP contribution >= 0.6 is 0 Å². The number of benzene rings is 1. The minimum atomic E-state index is -0.563. The number of halogens is 1. The van der Waals surface area contributed by atoms with Gasteiger partial charge in [0.1, 0.15) is 11.6 Å². The van der Waals surface area contributed by atoms with Crippen molar-refractivity contribution in [2.75, 3.05) is 0 Å². The molecule has 0 spiro atoms. The van der Waals surface area contributed by atoms with E-state index in [1.807, 2.05) is 86.7 Å². The van der Waals surface area contributed by atoms with Crippen molar-refractivity contribution in [3.05, 3.63) is 101 Å². The van der Waals surface area contributed by atoms with E-state index in [-0.39, 0.29) is 11.7 Å². The molecular formula is C33H45FN2O. The van der Waals surface area contributed by atoms with Gasteiger partial charge in [0.05, 0.1) is 11.4 Å². The lowest BCUT2D eigenvalue weighted by molar-refractivity contribution is -0.127. The van der Waals surface area contributed by atoms with Crippen molar-refractivity contribution in [1.82, 2.24) is 5.32 Å². The van der Waals surface area contributed by atoms with Gasteiger partial charge in [-0.1, -0.05) is 58.2 Å². The van der Waals surface area contributed by atoms with Gasteiger partial charge in [0.25, 0.3) is 0 Å². The van der Waals surface area contributed by atoms with E-state index in [1.54, 1.807) is 12.2 Å². The molecule has 0 bridgehead atoms. The second kappa shape index (κ2) is 14.5. The first kappa shape index (κ1) is 31.8. The smallest absolute Gasteiger partial charge is 0.146 e. The first-order valence-corrected chi connectivity index (χ1v) is 13.0. The SMILES string of the molecule is C=C/C(F)=C(\C=C/C)N/C(C)=C(C)/C(=C\C(=C)c1ccc(C(C)(C)C(=O)C(C)CC)c(C)c1)N=CCC. The maximum absolute atomic E-state index is 14.3. The third kappa shape index (κ3) is 8.38. The van der Waals surface area contributed by atoms with Crippen molar-refractivity contribution >= 4 is 17.6 Å². The number of aryl methyl sites for hydroxylation is 1. The normalized spacial score (nSPS) is 14.9. The number of carbonyl (C=O) groups is 1. The summed E-state index contributed by atoms with van der Waals surface area (Å²) in [5.74, 6) is -0.160. The lowest BCUT2D eigenvalue weighted by atomic mass is 9.73. The van der Waals surface area contributed by atoms with E-state index >= 15 is 0 Å². The van der Waals surface area contributed by atoms with E-state index in [0.29, 0.717) is 5.70 Å². The van der Waals surface area contributed by atoms with E-state index in [9.17, 15) is 9.18 Å². The summed E-state index contributed by atoms with van der Waals surface area (Å²) in [6.07, 6.45) is 10.0. The van der Waals surface area contributed by atoms with Crippen LogP contribution < -0.4 is 5.32 Å². The van der Waals surface area contributed by atoms with Crippen LogP contribution in [0.4, 0.5) is 4.39 Å². The molecule has 0 aliphatic carbocycles. The second-order valence-electron chi connectivity index (χ2n) is 9.94. The Morgan fingerprint density at radius 2 is 1.89 bits per heavy atom. The minimum Gasteiger partial charge on any atom is -0.356 e. The average molecular weight is 505 g/mol. The molecule has 3 nitrogen and oxygen atoms in total. The van der Waals surface area contributed by atoms with Gasteiger partial charge in [-0.2, -0.15) is 0 Å². The average Bonchev–Trinajstić information content (AvgIpc) is 2.88. The van der Waals surface area contributed by atoms with E-state index in [0.717, 1.165) is 52.1 Å². The predicted octanol–water partition coefficient (Wildman–Crippen LogP) is 9.09. The van der Waals surface area contributed by atoms with Gasteiger partial charge in [-0.25, -0.2) is 4.39 Å². The fourth-order valence-electron chi connectivity index (χ4n) is 4.12. The fraction of sp³-hybridized carbons (Fsp3) is 0.394. The Labute approximate surface area is 224 Å². The van der Waals surface area contributed by atoms with Gasteiger partial charge in [-0.15, -0.1) is 0 Å². The number of nitrogens with one attached hydrogen (secondary N) is 1. The van der Waals surface area contributed by atoms with Gasteiger partial charge < -0.3 is 5.32 Å². The third-order valence-corrected chi connectivity index (χ3v) is 6.71. The highest BCUT2D eigenvalue weighted by molar-refractivity contribution is 5.91. The Hall–Kier alpha value is -3.27. The molecule has 37 heavy (non-hydrogen) atoms. The Morgan fingerprint density at radius 3 is 2.41 bits per heavy atom. The first-order valence-electron chi connectivity index (χ1n) is 13.0. The maximum Gasteiger partial charge on any atom is 0.146 e. The molecule has 1 unspecified atom stereocenters. The van der Waals surface area contributed by atoms with Crippen LogP contribution in [0.3, 0.4) is 0 Å². The number of Topliss-reactive ketones (excluding diaryl/α,β-unsaturated/α-hetero) is 1. The Balaban J connectivity index is 3.47. The van der Waals surface area contributed by atoms with Crippen molar-refractivity contribution in [3.63, 3.8) is 0 Å². The molecule has 0 heterocycles. The highest BCUT2D eigenvalue weighted by Gasteiger charge is 2.33. The second-order valence-corrected chi connectivity index (χ2v) is 9.94. The molecule has 1 aromatic rings. The van der Waals surface area contributed by atoms with Crippen LogP contribution in [0.15, 0.2) is 89.1 Å². The third-order valence-electron chi connectivity index (χ3n) is 6.71. The number of allylic oxidation sites excluding steroid dienone is 8. The molecule has 0 amide bonds. The van der Waals surface area contributed by atoms with Crippen LogP contribution in [0.2, 0.25) is 0 Å². The van der Waals surface area contributed by atoms with Gasteiger partial charge >= 0.3 is 0 Å². The maximum atomic E-state index is 14.3. The molecule has 0 saturated carbocycles. The Morgan fingerprint density at radius 1 is 1.24 bits per heavy atom. The molecule has 1 N–H and O–H groups in total. The molecule has 0 aliphatic heterocycles. The molecule has 1 rings (SSSR count). The van der Waals surface area contributed by atoms with Crippen LogP contribution in [-0.2, 0) is 10.2 Å².